The van der Waals surface area contributed by atoms with Gasteiger partial charge in [-0.25, -0.2) is 9.97 Å². The Morgan fingerprint density at radius 2 is 2.00 bits per heavy atom. The molecule has 0 amide bonds. The Hall–Kier alpha value is -0.910. The topological polar surface area (TPSA) is 41.0 Å². The van der Waals surface area contributed by atoms with E-state index in [1.54, 1.807) is 6.33 Å². The highest BCUT2D eigenvalue weighted by Crippen LogP contribution is 2.32. The van der Waals surface area contributed by atoms with Gasteiger partial charge >= 0.3 is 0 Å². The van der Waals surface area contributed by atoms with Crippen LogP contribution >= 0.6 is 22.9 Å². The molecule has 4 nitrogen and oxygen atoms in total. The van der Waals surface area contributed by atoms with Crippen LogP contribution in [0.25, 0.3) is 10.2 Å². The van der Waals surface area contributed by atoms with Crippen LogP contribution in [0.3, 0.4) is 0 Å². The summed E-state index contributed by atoms with van der Waals surface area (Å²) in [4.78, 5) is 12.2. The smallest absolute Gasteiger partial charge is 0.138 e. The minimum Gasteiger partial charge on any atom is -0.367 e. The molecule has 0 bridgehead atoms. The first kappa shape index (κ1) is 15.0. The van der Waals surface area contributed by atoms with Gasteiger partial charge in [-0.2, -0.15) is 0 Å². The van der Waals surface area contributed by atoms with Gasteiger partial charge in [0.2, 0.25) is 0 Å². The van der Waals surface area contributed by atoms with Crippen molar-refractivity contribution in [2.75, 3.05) is 18.4 Å². The minimum atomic E-state index is 0.258. The van der Waals surface area contributed by atoms with E-state index in [1.165, 1.54) is 11.3 Å². The normalized spacial score (nSPS) is 18.3. The summed E-state index contributed by atoms with van der Waals surface area (Å²) >= 11 is 7.58. The molecule has 3 heterocycles. The Morgan fingerprint density at radius 3 is 2.67 bits per heavy atom. The van der Waals surface area contributed by atoms with Crippen molar-refractivity contribution >= 4 is 39.0 Å². The summed E-state index contributed by atoms with van der Waals surface area (Å²) in [6.45, 7) is 9.09. The summed E-state index contributed by atoms with van der Waals surface area (Å²) in [5.74, 6) is 0.914. The number of fused-ring (bicyclic) bond motifs is 1. The first-order valence-electron chi connectivity index (χ1n) is 7.35. The molecule has 0 atom stereocenters. The zero-order valence-electron chi connectivity index (χ0n) is 12.7. The fourth-order valence-electron chi connectivity index (χ4n) is 2.83. The lowest BCUT2D eigenvalue weighted by Gasteiger charge is -2.41. The molecular formula is C15H21ClN4S. The molecule has 1 fully saturated rings. The lowest BCUT2D eigenvalue weighted by atomic mass is 9.98. The third kappa shape index (κ3) is 3.30. The molecule has 0 aliphatic carbocycles. The molecule has 2 aromatic heterocycles. The zero-order chi connectivity index (χ0) is 15.0. The highest BCUT2D eigenvalue weighted by molar-refractivity contribution is 7.22. The maximum atomic E-state index is 6.08. The molecule has 0 aromatic carbocycles. The molecule has 0 saturated carbocycles. The van der Waals surface area contributed by atoms with Gasteiger partial charge in [0.15, 0.2) is 0 Å². The van der Waals surface area contributed by atoms with Crippen LogP contribution in [-0.4, -0.2) is 39.5 Å². The van der Waals surface area contributed by atoms with Crippen molar-refractivity contribution in [3.63, 3.8) is 0 Å². The largest absolute Gasteiger partial charge is 0.367 e. The number of aromatic nitrogens is 2. The molecule has 2 aromatic rings. The summed E-state index contributed by atoms with van der Waals surface area (Å²) in [6, 6.07) is 2.43. The first-order chi connectivity index (χ1) is 9.93. The molecule has 21 heavy (non-hydrogen) atoms. The number of likely N-dealkylation sites (tertiary alicyclic amines) is 1. The fourth-order valence-corrected chi connectivity index (χ4v) is 3.88. The fraction of sp³-hybridized carbons (Fsp3) is 0.600. The average molecular weight is 325 g/mol. The number of rotatable bonds is 2. The molecule has 1 N–H and O–H groups in total. The van der Waals surface area contributed by atoms with Crippen LogP contribution in [0.1, 0.15) is 33.6 Å². The second-order valence-corrected chi connectivity index (χ2v) is 8.23. The predicted octanol–water partition coefficient (Wildman–Crippen LogP) is 4.02. The van der Waals surface area contributed by atoms with Gasteiger partial charge in [-0.05, 0) is 39.7 Å². The van der Waals surface area contributed by atoms with Crippen molar-refractivity contribution < 1.29 is 0 Å². The summed E-state index contributed by atoms with van der Waals surface area (Å²) < 4.78 is 0.760. The zero-order valence-corrected chi connectivity index (χ0v) is 14.3. The molecule has 1 saturated heterocycles. The van der Waals surface area contributed by atoms with Crippen molar-refractivity contribution in [3.05, 3.63) is 16.7 Å². The molecule has 114 valence electrons. The van der Waals surface area contributed by atoms with E-state index in [1.807, 2.05) is 6.07 Å². The maximum Gasteiger partial charge on any atom is 0.138 e. The predicted molar refractivity (Wildman–Crippen MR) is 90.4 cm³/mol. The standard InChI is InChI=1S/C15H21ClN4S/c1-15(2,3)20-6-4-10(5-7-20)19-13-11-8-12(16)21-14(11)18-9-17-13/h8-10H,4-7H2,1-3H3,(H,17,18,19). The van der Waals surface area contributed by atoms with Gasteiger partial charge in [0.25, 0.3) is 0 Å². The van der Waals surface area contributed by atoms with Gasteiger partial charge < -0.3 is 5.32 Å². The van der Waals surface area contributed by atoms with Crippen LogP contribution in [0.5, 0.6) is 0 Å². The van der Waals surface area contributed by atoms with Gasteiger partial charge in [-0.15, -0.1) is 11.3 Å². The molecule has 6 heteroatoms. The highest BCUT2D eigenvalue weighted by Gasteiger charge is 2.27. The van der Waals surface area contributed by atoms with Crippen LogP contribution in [0.4, 0.5) is 5.82 Å². The number of hydrogen-bond acceptors (Lipinski definition) is 5. The van der Waals surface area contributed by atoms with Gasteiger partial charge in [-0.3, -0.25) is 4.90 Å². The molecule has 3 rings (SSSR count). The summed E-state index contributed by atoms with van der Waals surface area (Å²) in [5.41, 5.74) is 0.258. The van der Waals surface area contributed by atoms with Crippen molar-refractivity contribution in [1.29, 1.82) is 0 Å². The Kier molecular flexibility index (Phi) is 4.08. The van der Waals surface area contributed by atoms with E-state index in [0.717, 1.165) is 46.3 Å². The Balaban J connectivity index is 1.70. The monoisotopic (exact) mass is 324 g/mol. The lowest BCUT2D eigenvalue weighted by Crippen LogP contribution is -2.48. The van der Waals surface area contributed by atoms with Crippen molar-refractivity contribution in [2.24, 2.45) is 0 Å². The van der Waals surface area contributed by atoms with Crippen LogP contribution in [0.2, 0.25) is 4.34 Å². The quantitative estimate of drug-likeness (QED) is 0.906. The van der Waals surface area contributed by atoms with Crippen molar-refractivity contribution in [1.82, 2.24) is 14.9 Å². The third-order valence-electron chi connectivity index (χ3n) is 4.08. The average Bonchev–Trinajstić information content (AvgIpc) is 2.80. The number of anilines is 1. The van der Waals surface area contributed by atoms with Crippen LogP contribution in [0, 0.1) is 0 Å². The second kappa shape index (κ2) is 5.71. The van der Waals surface area contributed by atoms with E-state index in [2.05, 4.69) is 41.0 Å². The van der Waals surface area contributed by atoms with Gasteiger partial charge in [0.05, 0.1) is 9.72 Å². The molecular weight excluding hydrogens is 304 g/mol. The Labute approximate surface area is 134 Å². The number of halogens is 1. The van der Waals surface area contributed by atoms with E-state index < -0.39 is 0 Å². The van der Waals surface area contributed by atoms with E-state index in [4.69, 9.17) is 11.6 Å². The van der Waals surface area contributed by atoms with E-state index >= 15 is 0 Å². The summed E-state index contributed by atoms with van der Waals surface area (Å²) in [5, 5.41) is 4.61. The lowest BCUT2D eigenvalue weighted by molar-refractivity contribution is 0.106. The third-order valence-corrected chi connectivity index (χ3v) is 5.26. The summed E-state index contributed by atoms with van der Waals surface area (Å²) in [6.07, 6.45) is 3.89. The van der Waals surface area contributed by atoms with E-state index in [0.29, 0.717) is 6.04 Å². The molecule has 0 radical (unpaired) electrons. The number of nitrogens with one attached hydrogen (secondary N) is 1. The first-order valence-corrected chi connectivity index (χ1v) is 8.54. The molecule has 1 aliphatic rings. The van der Waals surface area contributed by atoms with E-state index in [9.17, 15) is 0 Å². The van der Waals surface area contributed by atoms with E-state index in [-0.39, 0.29) is 5.54 Å². The maximum absolute atomic E-state index is 6.08. The van der Waals surface area contributed by atoms with Crippen LogP contribution < -0.4 is 5.32 Å². The molecule has 0 spiro atoms. The second-order valence-electron chi connectivity index (χ2n) is 6.57. The van der Waals surface area contributed by atoms with Crippen molar-refractivity contribution in [3.8, 4) is 0 Å². The SMILES string of the molecule is CC(C)(C)N1CCC(Nc2ncnc3sc(Cl)cc23)CC1. The minimum absolute atomic E-state index is 0.258. The Bertz CT molecular complexity index is 626. The van der Waals surface area contributed by atoms with Crippen LogP contribution in [0.15, 0.2) is 12.4 Å². The highest BCUT2D eigenvalue weighted by atomic mass is 35.5. The Morgan fingerprint density at radius 1 is 1.29 bits per heavy atom. The van der Waals surface area contributed by atoms with Gasteiger partial charge in [0.1, 0.15) is 17.0 Å². The van der Waals surface area contributed by atoms with Crippen molar-refractivity contribution in [2.45, 2.75) is 45.2 Å². The van der Waals surface area contributed by atoms with Crippen LogP contribution in [-0.2, 0) is 0 Å². The number of thiophene rings is 1. The molecule has 1 aliphatic heterocycles. The number of hydrogen-bond donors (Lipinski definition) is 1. The number of nitrogens with zero attached hydrogens (tertiary/aromatic N) is 3. The van der Waals surface area contributed by atoms with Gasteiger partial charge in [0, 0.05) is 24.7 Å². The molecule has 0 unspecified atom stereocenters. The summed E-state index contributed by atoms with van der Waals surface area (Å²) in [7, 11) is 0. The van der Waals surface area contributed by atoms with Gasteiger partial charge in [-0.1, -0.05) is 11.6 Å². The number of piperidine rings is 1.